The van der Waals surface area contributed by atoms with Gasteiger partial charge < -0.3 is 9.47 Å². The molecule has 1 aromatic carbocycles. The summed E-state index contributed by atoms with van der Waals surface area (Å²) in [4.78, 5) is 31.9. The number of pyridine rings is 2. The van der Waals surface area contributed by atoms with Crippen molar-refractivity contribution in [1.29, 1.82) is 0 Å². The van der Waals surface area contributed by atoms with Crippen molar-refractivity contribution in [2.45, 2.75) is 13.2 Å². The summed E-state index contributed by atoms with van der Waals surface area (Å²) in [5, 5.41) is 0.171. The third-order valence-electron chi connectivity index (χ3n) is 3.69. The van der Waals surface area contributed by atoms with Crippen LogP contribution in [-0.4, -0.2) is 21.9 Å². The molecule has 8 heteroatoms. The fourth-order valence-electron chi connectivity index (χ4n) is 2.34. The third kappa shape index (κ3) is 5.06. The summed E-state index contributed by atoms with van der Waals surface area (Å²) in [6.07, 6.45) is 2.98. The number of carbonyl (C=O) groups is 2. The highest BCUT2D eigenvalue weighted by Gasteiger charge is 2.14. The van der Waals surface area contributed by atoms with Gasteiger partial charge in [0.2, 0.25) is 0 Å². The summed E-state index contributed by atoms with van der Waals surface area (Å²) in [7, 11) is 0. The average Bonchev–Trinajstić information content (AvgIpc) is 2.71. The summed E-state index contributed by atoms with van der Waals surface area (Å²) in [6.45, 7) is 0.0839. The molecule has 3 rings (SSSR count). The van der Waals surface area contributed by atoms with Crippen molar-refractivity contribution in [2.75, 3.05) is 0 Å². The molecule has 0 aliphatic carbocycles. The van der Waals surface area contributed by atoms with Crippen LogP contribution < -0.4 is 0 Å². The number of ether oxygens (including phenoxy) is 2. The molecule has 0 amide bonds. The Hall–Kier alpha value is -2.96. The zero-order valence-electron chi connectivity index (χ0n) is 14.5. The van der Waals surface area contributed by atoms with E-state index in [1.165, 1.54) is 24.5 Å². The van der Waals surface area contributed by atoms with Gasteiger partial charge in [-0.25, -0.2) is 19.6 Å². The Morgan fingerprint density at radius 3 is 1.64 bits per heavy atom. The summed E-state index contributed by atoms with van der Waals surface area (Å²) in [5.74, 6) is -1.14. The van der Waals surface area contributed by atoms with Crippen LogP contribution in [0.2, 0.25) is 10.3 Å². The molecule has 0 fully saturated rings. The van der Waals surface area contributed by atoms with Gasteiger partial charge in [0.1, 0.15) is 23.5 Å². The van der Waals surface area contributed by atoms with Crippen LogP contribution in [0.1, 0.15) is 31.8 Å². The maximum atomic E-state index is 12.1. The van der Waals surface area contributed by atoms with E-state index in [1.54, 1.807) is 36.4 Å². The van der Waals surface area contributed by atoms with Crippen LogP contribution in [0.4, 0.5) is 0 Å². The van der Waals surface area contributed by atoms with Crippen LogP contribution in [0.5, 0.6) is 0 Å². The van der Waals surface area contributed by atoms with E-state index < -0.39 is 11.9 Å². The van der Waals surface area contributed by atoms with Crippen LogP contribution in [0.3, 0.4) is 0 Å². The van der Waals surface area contributed by atoms with Crippen molar-refractivity contribution in [2.24, 2.45) is 0 Å². The number of rotatable bonds is 6. The first-order valence-corrected chi connectivity index (χ1v) is 8.93. The quantitative estimate of drug-likeness (QED) is 0.434. The Labute approximate surface area is 171 Å². The first kappa shape index (κ1) is 19.8. The van der Waals surface area contributed by atoms with Crippen molar-refractivity contribution >= 4 is 35.1 Å². The van der Waals surface area contributed by atoms with E-state index in [9.17, 15) is 9.59 Å². The monoisotopic (exact) mass is 416 g/mol. The van der Waals surface area contributed by atoms with E-state index in [0.29, 0.717) is 0 Å². The Kier molecular flexibility index (Phi) is 6.57. The van der Waals surface area contributed by atoms with Gasteiger partial charge in [0.25, 0.3) is 0 Å². The highest BCUT2D eigenvalue weighted by atomic mass is 35.5. The van der Waals surface area contributed by atoms with Gasteiger partial charge in [-0.15, -0.1) is 0 Å². The smallest absolute Gasteiger partial charge is 0.341 e. The van der Waals surface area contributed by atoms with Gasteiger partial charge in [-0.05, 0) is 41.5 Å². The van der Waals surface area contributed by atoms with E-state index in [4.69, 9.17) is 32.7 Å². The lowest BCUT2D eigenvalue weighted by Gasteiger charge is -2.09. The predicted molar refractivity (Wildman–Crippen MR) is 103 cm³/mol. The zero-order valence-corrected chi connectivity index (χ0v) is 16.0. The zero-order chi connectivity index (χ0) is 19.9. The molecule has 142 valence electrons. The second-order valence-electron chi connectivity index (χ2n) is 5.66. The molecule has 2 heterocycles. The summed E-state index contributed by atoms with van der Waals surface area (Å²) in [6, 6.07) is 13.4. The minimum Gasteiger partial charge on any atom is -0.457 e. The van der Waals surface area contributed by atoms with Crippen LogP contribution >= 0.6 is 23.2 Å². The minimum atomic E-state index is -0.568. The summed E-state index contributed by atoms with van der Waals surface area (Å²) in [5.41, 5.74) is 1.87. The van der Waals surface area contributed by atoms with Gasteiger partial charge in [0.15, 0.2) is 0 Å². The van der Waals surface area contributed by atoms with Crippen LogP contribution in [0, 0.1) is 0 Å². The maximum absolute atomic E-state index is 12.1. The standard InChI is InChI=1S/C20H14Cl2N2O4/c21-17-15(6-2-8-23-17)19(25)27-11-13-4-1-5-14(10-13)12-28-20(26)16-7-3-9-24-18(16)22/h1-10H,11-12H2. The SMILES string of the molecule is O=C(OCc1cccc(COC(=O)c2cccnc2Cl)c1)c1cccnc1Cl. The van der Waals surface area contributed by atoms with Crippen LogP contribution in [0.15, 0.2) is 60.9 Å². The third-order valence-corrected chi connectivity index (χ3v) is 4.29. The van der Waals surface area contributed by atoms with Crippen molar-refractivity contribution in [1.82, 2.24) is 9.97 Å². The normalized spacial score (nSPS) is 10.4. The highest BCUT2D eigenvalue weighted by molar-refractivity contribution is 6.32. The van der Waals surface area contributed by atoms with E-state index >= 15 is 0 Å². The molecule has 0 saturated carbocycles. The molecule has 0 saturated heterocycles. The van der Waals surface area contributed by atoms with Crippen LogP contribution in [-0.2, 0) is 22.7 Å². The molecule has 0 radical (unpaired) electrons. The van der Waals surface area contributed by atoms with Crippen molar-refractivity contribution < 1.29 is 19.1 Å². The molecule has 0 bridgehead atoms. The van der Waals surface area contributed by atoms with Crippen molar-refractivity contribution in [3.8, 4) is 0 Å². The molecular formula is C20H14Cl2N2O4. The molecule has 2 aromatic heterocycles. The first-order valence-electron chi connectivity index (χ1n) is 8.17. The number of nitrogens with zero attached hydrogens (tertiary/aromatic N) is 2. The molecule has 0 aliphatic heterocycles. The second kappa shape index (κ2) is 9.30. The lowest BCUT2D eigenvalue weighted by molar-refractivity contribution is 0.0471. The molecule has 0 spiro atoms. The minimum absolute atomic E-state index is 0.0419. The van der Waals surface area contributed by atoms with E-state index in [-0.39, 0.29) is 34.6 Å². The molecule has 6 nitrogen and oxygen atoms in total. The average molecular weight is 417 g/mol. The number of carbonyl (C=O) groups excluding carboxylic acids is 2. The van der Waals surface area contributed by atoms with E-state index in [1.807, 2.05) is 0 Å². The van der Waals surface area contributed by atoms with Crippen molar-refractivity contribution in [3.05, 3.63) is 93.5 Å². The highest BCUT2D eigenvalue weighted by Crippen LogP contribution is 2.16. The molecule has 0 N–H and O–H groups in total. The number of esters is 2. The fraction of sp³-hybridized carbons (Fsp3) is 0.100. The van der Waals surface area contributed by atoms with Gasteiger partial charge in [-0.3, -0.25) is 0 Å². The Bertz CT molecular complexity index is 934. The summed E-state index contributed by atoms with van der Waals surface area (Å²) < 4.78 is 10.5. The van der Waals surface area contributed by atoms with Gasteiger partial charge >= 0.3 is 11.9 Å². The Balaban J connectivity index is 1.58. The lowest BCUT2D eigenvalue weighted by Crippen LogP contribution is -2.08. The maximum Gasteiger partial charge on any atom is 0.341 e. The van der Waals surface area contributed by atoms with Crippen molar-refractivity contribution in [3.63, 3.8) is 0 Å². The number of aromatic nitrogens is 2. The number of hydrogen-bond donors (Lipinski definition) is 0. The number of hydrogen-bond acceptors (Lipinski definition) is 6. The van der Waals surface area contributed by atoms with Crippen LogP contribution in [0.25, 0.3) is 0 Å². The first-order chi connectivity index (χ1) is 13.5. The van der Waals surface area contributed by atoms with Gasteiger partial charge in [-0.2, -0.15) is 0 Å². The van der Waals surface area contributed by atoms with E-state index in [2.05, 4.69) is 9.97 Å². The van der Waals surface area contributed by atoms with Gasteiger partial charge in [0, 0.05) is 12.4 Å². The number of halogens is 2. The molecule has 28 heavy (non-hydrogen) atoms. The molecular weight excluding hydrogens is 403 g/mol. The Morgan fingerprint density at radius 1 is 0.750 bits per heavy atom. The second-order valence-corrected chi connectivity index (χ2v) is 6.37. The summed E-state index contributed by atoms with van der Waals surface area (Å²) >= 11 is 11.8. The number of benzene rings is 1. The fourth-order valence-corrected chi connectivity index (χ4v) is 2.73. The molecule has 0 aliphatic rings. The molecule has 0 atom stereocenters. The topological polar surface area (TPSA) is 78.4 Å². The predicted octanol–water partition coefficient (Wildman–Crippen LogP) is 4.50. The van der Waals surface area contributed by atoms with Gasteiger partial charge in [0.05, 0.1) is 11.1 Å². The van der Waals surface area contributed by atoms with Gasteiger partial charge in [-0.1, -0.05) is 41.4 Å². The largest absolute Gasteiger partial charge is 0.457 e. The molecule has 3 aromatic rings. The Morgan fingerprint density at radius 2 is 1.21 bits per heavy atom. The van der Waals surface area contributed by atoms with E-state index in [0.717, 1.165) is 11.1 Å². The molecule has 0 unspecified atom stereocenters. The lowest BCUT2D eigenvalue weighted by atomic mass is 10.1.